The average molecular weight is 500 g/mol. The minimum atomic E-state index is -0.784. The van der Waals surface area contributed by atoms with E-state index >= 15 is 0 Å². The van der Waals surface area contributed by atoms with Crippen LogP contribution in [0, 0.1) is 6.92 Å². The highest BCUT2D eigenvalue weighted by atomic mass is 16.5. The molecule has 0 radical (unpaired) electrons. The van der Waals surface area contributed by atoms with E-state index in [0.29, 0.717) is 30.2 Å². The largest absolute Gasteiger partial charge is 0.507 e. The molecule has 192 valence electrons. The molecule has 6 heteroatoms. The number of amides is 1. The maximum absolute atomic E-state index is 13.5. The first-order chi connectivity index (χ1) is 17.8. The predicted molar refractivity (Wildman–Crippen MR) is 145 cm³/mol. The molecule has 1 saturated heterocycles. The number of aryl methyl sites for hydroxylation is 1. The summed E-state index contributed by atoms with van der Waals surface area (Å²) in [5.41, 5.74) is 3.67. The molecule has 3 aromatic carbocycles. The first kappa shape index (κ1) is 26.0. The molecule has 6 nitrogen and oxygen atoms in total. The molecular formula is C31H33NO5. The van der Waals surface area contributed by atoms with Gasteiger partial charge in [0.2, 0.25) is 0 Å². The van der Waals surface area contributed by atoms with Crippen LogP contribution in [0.4, 0.5) is 5.69 Å². The van der Waals surface area contributed by atoms with Gasteiger partial charge >= 0.3 is 0 Å². The van der Waals surface area contributed by atoms with Gasteiger partial charge in [-0.25, -0.2) is 0 Å². The standard InChI is InChI=1S/C31H33NO5/c1-6-36-23-15-13-22(14-16-23)32-28(24-11-9-8-10-20(24)5)27(30(34)31(32)35)29(33)21-12-17-26(37-7-2)25(18-21)19(3)4/h8-19,28,33H,6-7H2,1-5H3/b29-27+. The van der Waals surface area contributed by atoms with Crippen molar-refractivity contribution in [3.05, 3.63) is 94.6 Å². The molecule has 1 fully saturated rings. The summed E-state index contributed by atoms with van der Waals surface area (Å²) in [5.74, 6) is -0.0726. The fourth-order valence-electron chi connectivity index (χ4n) is 4.75. The lowest BCUT2D eigenvalue weighted by molar-refractivity contribution is -0.132. The van der Waals surface area contributed by atoms with E-state index in [2.05, 4.69) is 0 Å². The number of benzene rings is 3. The molecule has 1 amide bonds. The number of ether oxygens (including phenoxy) is 2. The molecule has 37 heavy (non-hydrogen) atoms. The molecule has 1 N–H and O–H groups in total. The van der Waals surface area contributed by atoms with Crippen LogP contribution >= 0.6 is 0 Å². The van der Waals surface area contributed by atoms with Crippen LogP contribution < -0.4 is 14.4 Å². The average Bonchev–Trinajstić information content (AvgIpc) is 3.15. The molecule has 0 spiro atoms. The van der Waals surface area contributed by atoms with E-state index in [1.54, 1.807) is 36.4 Å². The highest BCUT2D eigenvalue weighted by molar-refractivity contribution is 6.51. The zero-order valence-electron chi connectivity index (χ0n) is 21.9. The van der Waals surface area contributed by atoms with Gasteiger partial charge in [-0.2, -0.15) is 0 Å². The Morgan fingerprint density at radius 3 is 2.24 bits per heavy atom. The Morgan fingerprint density at radius 2 is 1.62 bits per heavy atom. The van der Waals surface area contributed by atoms with Crippen LogP contribution in [-0.4, -0.2) is 30.0 Å². The maximum Gasteiger partial charge on any atom is 0.300 e. The van der Waals surface area contributed by atoms with Crippen molar-refractivity contribution >= 4 is 23.1 Å². The second kappa shape index (κ2) is 10.9. The van der Waals surface area contributed by atoms with Crippen LogP contribution in [0.15, 0.2) is 72.3 Å². The molecule has 0 aromatic heterocycles. The second-order valence-electron chi connectivity index (χ2n) is 9.29. The van der Waals surface area contributed by atoms with E-state index in [0.717, 1.165) is 22.4 Å². The molecule has 4 rings (SSSR count). The zero-order chi connectivity index (χ0) is 26.7. The number of rotatable bonds is 8. The van der Waals surface area contributed by atoms with E-state index in [4.69, 9.17) is 9.47 Å². The summed E-state index contributed by atoms with van der Waals surface area (Å²) in [4.78, 5) is 28.4. The summed E-state index contributed by atoms with van der Waals surface area (Å²) in [6.45, 7) is 10.9. The van der Waals surface area contributed by atoms with Crippen LogP contribution in [0.3, 0.4) is 0 Å². The van der Waals surface area contributed by atoms with Crippen molar-refractivity contribution in [2.75, 3.05) is 18.1 Å². The van der Waals surface area contributed by atoms with Crippen LogP contribution in [0.2, 0.25) is 0 Å². The van der Waals surface area contributed by atoms with Gasteiger partial charge in [-0.3, -0.25) is 14.5 Å². The summed E-state index contributed by atoms with van der Waals surface area (Å²) >= 11 is 0. The zero-order valence-corrected chi connectivity index (χ0v) is 21.9. The lowest BCUT2D eigenvalue weighted by atomic mass is 9.91. The molecule has 1 aliphatic heterocycles. The van der Waals surface area contributed by atoms with E-state index in [1.807, 2.05) is 65.0 Å². The number of ketones is 1. The summed E-state index contributed by atoms with van der Waals surface area (Å²) in [5, 5.41) is 11.6. The van der Waals surface area contributed by atoms with Crippen molar-refractivity contribution in [1.29, 1.82) is 0 Å². The number of Topliss-reactive ketones (excluding diaryl/α,β-unsaturated/α-hetero) is 1. The summed E-state index contributed by atoms with van der Waals surface area (Å²) in [6.07, 6.45) is 0. The van der Waals surface area contributed by atoms with Gasteiger partial charge in [-0.15, -0.1) is 0 Å². The number of aliphatic hydroxyl groups is 1. The van der Waals surface area contributed by atoms with Gasteiger partial charge in [0.25, 0.3) is 11.7 Å². The quantitative estimate of drug-likeness (QED) is 0.216. The molecule has 0 saturated carbocycles. The van der Waals surface area contributed by atoms with Crippen molar-refractivity contribution in [3.63, 3.8) is 0 Å². The Bertz CT molecular complexity index is 1340. The number of hydrogen-bond acceptors (Lipinski definition) is 5. The Morgan fingerprint density at radius 1 is 0.946 bits per heavy atom. The number of nitrogens with zero attached hydrogens (tertiary/aromatic N) is 1. The molecule has 1 atom stereocenters. The SMILES string of the molecule is CCOc1ccc(N2C(=O)C(=O)/C(=C(/O)c3ccc(OCC)c(C(C)C)c3)C2c2ccccc2C)cc1. The Balaban J connectivity index is 1.91. The molecule has 3 aromatic rings. The molecule has 1 unspecified atom stereocenters. The van der Waals surface area contributed by atoms with Gasteiger partial charge in [0.1, 0.15) is 17.3 Å². The van der Waals surface area contributed by atoms with E-state index in [9.17, 15) is 14.7 Å². The number of anilines is 1. The Kier molecular flexibility index (Phi) is 7.67. The normalized spacial score (nSPS) is 16.9. The van der Waals surface area contributed by atoms with Crippen LogP contribution in [0.5, 0.6) is 11.5 Å². The number of carbonyl (C=O) groups is 2. The van der Waals surface area contributed by atoms with Crippen LogP contribution in [-0.2, 0) is 9.59 Å². The monoisotopic (exact) mass is 499 g/mol. The first-order valence-electron chi connectivity index (χ1n) is 12.6. The van der Waals surface area contributed by atoms with Crippen LogP contribution in [0.25, 0.3) is 5.76 Å². The lowest BCUT2D eigenvalue weighted by Crippen LogP contribution is -2.29. The summed E-state index contributed by atoms with van der Waals surface area (Å²) in [7, 11) is 0. The second-order valence-corrected chi connectivity index (χ2v) is 9.29. The predicted octanol–water partition coefficient (Wildman–Crippen LogP) is 6.54. The third-order valence-electron chi connectivity index (χ3n) is 6.56. The highest BCUT2D eigenvalue weighted by Gasteiger charge is 2.47. The summed E-state index contributed by atoms with van der Waals surface area (Å²) < 4.78 is 11.3. The van der Waals surface area contributed by atoms with Crippen molar-refractivity contribution in [1.82, 2.24) is 0 Å². The smallest absolute Gasteiger partial charge is 0.300 e. The maximum atomic E-state index is 13.5. The van der Waals surface area contributed by atoms with E-state index < -0.39 is 17.7 Å². The molecule has 0 aliphatic carbocycles. The van der Waals surface area contributed by atoms with E-state index in [-0.39, 0.29) is 17.3 Å². The van der Waals surface area contributed by atoms with Gasteiger partial charge in [0.05, 0.1) is 24.8 Å². The number of aliphatic hydroxyl groups excluding tert-OH is 1. The van der Waals surface area contributed by atoms with Crippen molar-refractivity contribution in [2.24, 2.45) is 0 Å². The number of carbonyl (C=O) groups excluding carboxylic acids is 2. The molecule has 1 aliphatic rings. The minimum absolute atomic E-state index is 0.0621. The minimum Gasteiger partial charge on any atom is -0.507 e. The van der Waals surface area contributed by atoms with Crippen molar-refractivity contribution in [2.45, 2.75) is 46.6 Å². The molecular weight excluding hydrogens is 466 g/mol. The topological polar surface area (TPSA) is 76.1 Å². The van der Waals surface area contributed by atoms with Crippen molar-refractivity contribution in [3.8, 4) is 11.5 Å². The van der Waals surface area contributed by atoms with Gasteiger partial charge in [-0.1, -0.05) is 38.1 Å². The van der Waals surface area contributed by atoms with Crippen LogP contribution in [0.1, 0.15) is 61.9 Å². The Hall–Kier alpha value is -4.06. The summed E-state index contributed by atoms with van der Waals surface area (Å²) in [6, 6.07) is 19.2. The van der Waals surface area contributed by atoms with Gasteiger partial charge in [-0.05, 0) is 85.8 Å². The Labute approximate surface area is 218 Å². The third-order valence-corrected chi connectivity index (χ3v) is 6.56. The highest BCUT2D eigenvalue weighted by Crippen LogP contribution is 2.44. The number of hydrogen-bond donors (Lipinski definition) is 1. The first-order valence-corrected chi connectivity index (χ1v) is 12.6. The van der Waals surface area contributed by atoms with E-state index in [1.165, 1.54) is 4.90 Å². The fourth-order valence-corrected chi connectivity index (χ4v) is 4.75. The van der Waals surface area contributed by atoms with Gasteiger partial charge in [0.15, 0.2) is 0 Å². The molecule has 0 bridgehead atoms. The molecule has 1 heterocycles. The fraction of sp³-hybridized carbons (Fsp3) is 0.290. The third kappa shape index (κ3) is 4.96. The van der Waals surface area contributed by atoms with Gasteiger partial charge < -0.3 is 14.6 Å². The van der Waals surface area contributed by atoms with Gasteiger partial charge in [0, 0.05) is 11.3 Å². The van der Waals surface area contributed by atoms with Crippen molar-refractivity contribution < 1.29 is 24.2 Å². The lowest BCUT2D eigenvalue weighted by Gasteiger charge is -2.27.